The predicted octanol–water partition coefficient (Wildman–Crippen LogP) is 1.60. The SMILES string of the molecule is CCC1(C)CC1N1CCCC(N)C1. The Morgan fingerprint density at radius 1 is 1.54 bits per heavy atom. The highest BCUT2D eigenvalue weighted by molar-refractivity contribution is 5.06. The predicted molar refractivity (Wildman–Crippen MR) is 55.6 cm³/mol. The average molecular weight is 182 g/mol. The summed E-state index contributed by atoms with van der Waals surface area (Å²) in [4.78, 5) is 2.62. The summed E-state index contributed by atoms with van der Waals surface area (Å²) in [6.07, 6.45) is 5.25. The molecule has 0 amide bonds. The molecule has 0 aromatic rings. The molecule has 3 unspecified atom stereocenters. The van der Waals surface area contributed by atoms with Gasteiger partial charge < -0.3 is 5.73 Å². The molecule has 0 radical (unpaired) electrons. The average Bonchev–Trinajstić information content (AvgIpc) is 2.79. The first-order valence-electron chi connectivity index (χ1n) is 5.65. The van der Waals surface area contributed by atoms with Crippen molar-refractivity contribution < 1.29 is 0 Å². The van der Waals surface area contributed by atoms with Crippen molar-refractivity contribution in [2.75, 3.05) is 13.1 Å². The lowest BCUT2D eigenvalue weighted by Gasteiger charge is -2.32. The highest BCUT2D eigenvalue weighted by atomic mass is 15.2. The van der Waals surface area contributed by atoms with E-state index in [1.165, 1.54) is 32.2 Å². The van der Waals surface area contributed by atoms with Gasteiger partial charge in [-0.1, -0.05) is 13.8 Å². The zero-order valence-corrected chi connectivity index (χ0v) is 8.92. The molecule has 76 valence electrons. The number of rotatable bonds is 2. The van der Waals surface area contributed by atoms with Gasteiger partial charge in [-0.2, -0.15) is 0 Å². The van der Waals surface area contributed by atoms with Gasteiger partial charge >= 0.3 is 0 Å². The molecule has 2 fully saturated rings. The van der Waals surface area contributed by atoms with E-state index in [4.69, 9.17) is 5.73 Å². The maximum Gasteiger partial charge on any atom is 0.0168 e. The van der Waals surface area contributed by atoms with Crippen LogP contribution in [0.2, 0.25) is 0 Å². The standard InChI is InChI=1S/C11H22N2/c1-3-11(2)7-10(11)13-6-4-5-9(12)8-13/h9-10H,3-8,12H2,1-2H3. The maximum atomic E-state index is 5.98. The van der Waals surface area contributed by atoms with E-state index in [0.717, 1.165) is 12.6 Å². The van der Waals surface area contributed by atoms with Crippen LogP contribution in [0, 0.1) is 5.41 Å². The lowest BCUT2D eigenvalue weighted by Crippen LogP contribution is -2.44. The summed E-state index contributed by atoms with van der Waals surface area (Å²) in [5.41, 5.74) is 6.60. The Balaban J connectivity index is 1.89. The first-order chi connectivity index (χ1) is 6.15. The third-order valence-electron chi connectivity index (χ3n) is 4.04. The third-order valence-corrected chi connectivity index (χ3v) is 4.04. The van der Waals surface area contributed by atoms with E-state index in [1.54, 1.807) is 0 Å². The molecular formula is C11H22N2. The van der Waals surface area contributed by atoms with Crippen molar-refractivity contribution in [3.05, 3.63) is 0 Å². The van der Waals surface area contributed by atoms with Crippen molar-refractivity contribution in [3.8, 4) is 0 Å². The summed E-state index contributed by atoms with van der Waals surface area (Å²) in [5.74, 6) is 0. The van der Waals surface area contributed by atoms with Crippen LogP contribution in [0.1, 0.15) is 39.5 Å². The molecule has 1 heterocycles. The summed E-state index contributed by atoms with van der Waals surface area (Å²) in [6, 6.07) is 1.29. The van der Waals surface area contributed by atoms with Crippen LogP contribution in [0.5, 0.6) is 0 Å². The van der Waals surface area contributed by atoms with Gasteiger partial charge in [0.05, 0.1) is 0 Å². The van der Waals surface area contributed by atoms with Gasteiger partial charge in [0.15, 0.2) is 0 Å². The van der Waals surface area contributed by atoms with Crippen molar-refractivity contribution in [1.82, 2.24) is 4.90 Å². The molecule has 3 atom stereocenters. The Morgan fingerprint density at radius 3 is 2.85 bits per heavy atom. The fourth-order valence-electron chi connectivity index (χ4n) is 2.66. The fraction of sp³-hybridized carbons (Fsp3) is 1.00. The summed E-state index contributed by atoms with van der Waals surface area (Å²) in [6.45, 7) is 7.15. The molecular weight excluding hydrogens is 160 g/mol. The molecule has 1 saturated carbocycles. The Morgan fingerprint density at radius 2 is 2.31 bits per heavy atom. The lowest BCUT2D eigenvalue weighted by atomic mass is 10.0. The van der Waals surface area contributed by atoms with E-state index < -0.39 is 0 Å². The van der Waals surface area contributed by atoms with Crippen molar-refractivity contribution in [1.29, 1.82) is 0 Å². The highest BCUT2D eigenvalue weighted by Crippen LogP contribution is 2.52. The molecule has 1 aliphatic carbocycles. The summed E-state index contributed by atoms with van der Waals surface area (Å²) in [7, 11) is 0. The van der Waals surface area contributed by atoms with Crippen molar-refractivity contribution >= 4 is 0 Å². The second kappa shape index (κ2) is 3.25. The number of nitrogens with two attached hydrogens (primary N) is 1. The van der Waals surface area contributed by atoms with Crippen LogP contribution < -0.4 is 5.73 Å². The number of likely N-dealkylation sites (tertiary alicyclic amines) is 1. The van der Waals surface area contributed by atoms with Crippen molar-refractivity contribution in [3.63, 3.8) is 0 Å². The fourth-order valence-corrected chi connectivity index (χ4v) is 2.66. The molecule has 13 heavy (non-hydrogen) atoms. The molecule has 2 heteroatoms. The molecule has 0 aromatic carbocycles. The summed E-state index contributed by atoms with van der Waals surface area (Å²) >= 11 is 0. The van der Waals surface area contributed by atoms with Crippen LogP contribution >= 0.6 is 0 Å². The normalized spacial score (nSPS) is 46.4. The Labute approximate surface area is 81.5 Å². The largest absolute Gasteiger partial charge is 0.327 e. The zero-order chi connectivity index (χ0) is 9.47. The van der Waals surface area contributed by atoms with E-state index in [0.29, 0.717) is 11.5 Å². The molecule has 0 aromatic heterocycles. The lowest BCUT2D eigenvalue weighted by molar-refractivity contribution is 0.176. The molecule has 1 saturated heterocycles. The minimum Gasteiger partial charge on any atom is -0.327 e. The van der Waals surface area contributed by atoms with Crippen LogP contribution in [0.25, 0.3) is 0 Å². The summed E-state index contributed by atoms with van der Waals surface area (Å²) < 4.78 is 0. The Hall–Kier alpha value is -0.0800. The Bertz CT molecular complexity index is 193. The van der Waals surface area contributed by atoms with Crippen LogP contribution in [-0.2, 0) is 0 Å². The van der Waals surface area contributed by atoms with Crippen LogP contribution in [0.15, 0.2) is 0 Å². The zero-order valence-electron chi connectivity index (χ0n) is 8.92. The van der Waals surface area contributed by atoms with Gasteiger partial charge in [-0.05, 0) is 37.6 Å². The van der Waals surface area contributed by atoms with Gasteiger partial charge in [0.1, 0.15) is 0 Å². The van der Waals surface area contributed by atoms with Gasteiger partial charge in [-0.25, -0.2) is 0 Å². The molecule has 0 bridgehead atoms. The minimum absolute atomic E-state index is 0.440. The first-order valence-corrected chi connectivity index (χ1v) is 5.65. The van der Waals surface area contributed by atoms with E-state index in [2.05, 4.69) is 18.7 Å². The molecule has 2 N–H and O–H groups in total. The number of piperidine rings is 1. The second-order valence-electron chi connectivity index (χ2n) is 5.12. The number of nitrogens with zero attached hydrogens (tertiary/aromatic N) is 1. The van der Waals surface area contributed by atoms with Crippen LogP contribution in [0.3, 0.4) is 0 Å². The molecule has 2 nitrogen and oxygen atoms in total. The van der Waals surface area contributed by atoms with E-state index >= 15 is 0 Å². The number of hydrogen-bond acceptors (Lipinski definition) is 2. The Kier molecular flexibility index (Phi) is 2.37. The van der Waals surface area contributed by atoms with E-state index in [9.17, 15) is 0 Å². The summed E-state index contributed by atoms with van der Waals surface area (Å²) in [5, 5.41) is 0. The third kappa shape index (κ3) is 1.75. The monoisotopic (exact) mass is 182 g/mol. The van der Waals surface area contributed by atoms with Gasteiger partial charge in [-0.3, -0.25) is 4.90 Å². The van der Waals surface area contributed by atoms with Crippen LogP contribution in [-0.4, -0.2) is 30.1 Å². The molecule has 1 aliphatic heterocycles. The van der Waals surface area contributed by atoms with Gasteiger partial charge in [0.2, 0.25) is 0 Å². The molecule has 2 rings (SSSR count). The van der Waals surface area contributed by atoms with Gasteiger partial charge in [-0.15, -0.1) is 0 Å². The van der Waals surface area contributed by atoms with E-state index in [-0.39, 0.29) is 0 Å². The number of hydrogen-bond donors (Lipinski definition) is 1. The van der Waals surface area contributed by atoms with Gasteiger partial charge in [0.25, 0.3) is 0 Å². The van der Waals surface area contributed by atoms with Crippen LogP contribution in [0.4, 0.5) is 0 Å². The molecule has 2 aliphatic rings. The molecule has 0 spiro atoms. The first kappa shape index (κ1) is 9.47. The maximum absolute atomic E-state index is 5.98. The highest BCUT2D eigenvalue weighted by Gasteiger charge is 2.51. The van der Waals surface area contributed by atoms with E-state index in [1.807, 2.05) is 0 Å². The topological polar surface area (TPSA) is 29.3 Å². The van der Waals surface area contributed by atoms with Crippen molar-refractivity contribution in [2.45, 2.75) is 51.6 Å². The van der Waals surface area contributed by atoms with Crippen molar-refractivity contribution in [2.24, 2.45) is 11.1 Å². The second-order valence-corrected chi connectivity index (χ2v) is 5.12. The minimum atomic E-state index is 0.440. The quantitative estimate of drug-likeness (QED) is 0.703. The van der Waals surface area contributed by atoms with Gasteiger partial charge in [0, 0.05) is 18.6 Å². The smallest absolute Gasteiger partial charge is 0.0168 e.